The monoisotopic (exact) mass is 272 g/mol. The van der Waals surface area contributed by atoms with Crippen molar-refractivity contribution in [2.45, 2.75) is 19.6 Å². The normalized spacial score (nSPS) is 13.8. The number of nitrogens with zero attached hydrogens (tertiary/aromatic N) is 3. The van der Waals surface area contributed by atoms with E-state index < -0.39 is 0 Å². The van der Waals surface area contributed by atoms with E-state index in [2.05, 4.69) is 15.4 Å². The van der Waals surface area contributed by atoms with Gasteiger partial charge in [-0.25, -0.2) is 0 Å². The standard InChI is InChI=1S/C14H16N4O2/c19-14(11-1-4-15-5-2-11)16-6-7-18-13-3-8-20-10-12(13)9-17-18/h1-2,4-5,9H,3,6-8,10H2,(H,16,19). The molecule has 3 heterocycles. The van der Waals surface area contributed by atoms with Crippen molar-refractivity contribution in [3.63, 3.8) is 0 Å². The van der Waals surface area contributed by atoms with Crippen LogP contribution in [0, 0.1) is 0 Å². The first kappa shape index (κ1) is 12.8. The van der Waals surface area contributed by atoms with Crippen LogP contribution in [0.25, 0.3) is 0 Å². The van der Waals surface area contributed by atoms with Crippen LogP contribution < -0.4 is 5.32 Å². The lowest BCUT2D eigenvalue weighted by atomic mass is 10.2. The molecule has 2 aromatic rings. The zero-order chi connectivity index (χ0) is 13.8. The number of hydrogen-bond donors (Lipinski definition) is 1. The third-order valence-corrected chi connectivity index (χ3v) is 3.33. The first-order valence-electron chi connectivity index (χ1n) is 6.64. The number of fused-ring (bicyclic) bond motifs is 1. The Morgan fingerprint density at radius 3 is 3.10 bits per heavy atom. The topological polar surface area (TPSA) is 69.0 Å². The van der Waals surface area contributed by atoms with Crippen molar-refractivity contribution in [2.24, 2.45) is 0 Å². The molecule has 0 radical (unpaired) electrons. The largest absolute Gasteiger partial charge is 0.376 e. The number of carbonyl (C=O) groups excluding carboxylic acids is 1. The minimum Gasteiger partial charge on any atom is -0.376 e. The summed E-state index contributed by atoms with van der Waals surface area (Å²) in [6.45, 7) is 2.60. The summed E-state index contributed by atoms with van der Waals surface area (Å²) in [5.41, 5.74) is 2.99. The van der Waals surface area contributed by atoms with Crippen molar-refractivity contribution in [1.29, 1.82) is 0 Å². The molecule has 0 aliphatic carbocycles. The van der Waals surface area contributed by atoms with Crippen LogP contribution >= 0.6 is 0 Å². The second-order valence-electron chi connectivity index (χ2n) is 4.63. The molecule has 0 bridgehead atoms. The highest BCUT2D eigenvalue weighted by atomic mass is 16.5. The second-order valence-corrected chi connectivity index (χ2v) is 4.63. The number of ether oxygens (including phenoxy) is 1. The van der Waals surface area contributed by atoms with Crippen LogP contribution in [-0.2, 0) is 24.3 Å². The van der Waals surface area contributed by atoms with E-state index in [1.807, 2.05) is 10.9 Å². The van der Waals surface area contributed by atoms with E-state index >= 15 is 0 Å². The van der Waals surface area contributed by atoms with Gasteiger partial charge in [-0.1, -0.05) is 0 Å². The number of nitrogens with one attached hydrogen (secondary N) is 1. The first-order chi connectivity index (χ1) is 9.84. The average Bonchev–Trinajstić information content (AvgIpc) is 2.92. The summed E-state index contributed by atoms with van der Waals surface area (Å²) < 4.78 is 7.33. The lowest BCUT2D eigenvalue weighted by Gasteiger charge is -2.14. The Bertz CT molecular complexity index is 594. The number of aromatic nitrogens is 3. The van der Waals surface area contributed by atoms with E-state index in [-0.39, 0.29) is 5.91 Å². The molecule has 0 atom stereocenters. The van der Waals surface area contributed by atoms with Crippen molar-refractivity contribution in [3.05, 3.63) is 47.5 Å². The molecule has 20 heavy (non-hydrogen) atoms. The predicted molar refractivity (Wildman–Crippen MR) is 72.2 cm³/mol. The van der Waals surface area contributed by atoms with Crippen LogP contribution in [0.1, 0.15) is 21.6 Å². The summed E-state index contributed by atoms with van der Waals surface area (Å²) in [6, 6.07) is 3.39. The summed E-state index contributed by atoms with van der Waals surface area (Å²) in [5.74, 6) is -0.0863. The van der Waals surface area contributed by atoms with Crippen molar-refractivity contribution in [3.8, 4) is 0 Å². The summed E-state index contributed by atoms with van der Waals surface area (Å²) in [7, 11) is 0. The fourth-order valence-corrected chi connectivity index (χ4v) is 2.28. The van der Waals surface area contributed by atoms with Gasteiger partial charge in [-0.05, 0) is 12.1 Å². The van der Waals surface area contributed by atoms with E-state index in [1.165, 1.54) is 5.69 Å². The molecule has 0 saturated carbocycles. The maximum absolute atomic E-state index is 11.9. The van der Waals surface area contributed by atoms with Crippen LogP contribution in [0.3, 0.4) is 0 Å². The van der Waals surface area contributed by atoms with Crippen molar-refractivity contribution in [2.75, 3.05) is 13.2 Å². The molecule has 2 aromatic heterocycles. The van der Waals surface area contributed by atoms with Gasteiger partial charge in [0.2, 0.25) is 0 Å². The van der Waals surface area contributed by atoms with Crippen molar-refractivity contribution in [1.82, 2.24) is 20.1 Å². The number of amides is 1. The number of rotatable bonds is 4. The Hall–Kier alpha value is -2.21. The van der Waals surface area contributed by atoms with Gasteiger partial charge in [-0.2, -0.15) is 5.10 Å². The third kappa shape index (κ3) is 2.70. The highest BCUT2D eigenvalue weighted by Gasteiger charge is 2.15. The summed E-state index contributed by atoms with van der Waals surface area (Å²) in [6.07, 6.45) is 5.95. The molecule has 1 aliphatic rings. The molecule has 1 N–H and O–H groups in total. The maximum atomic E-state index is 11.9. The van der Waals surface area contributed by atoms with Gasteiger partial charge in [-0.3, -0.25) is 14.5 Å². The molecule has 104 valence electrons. The lowest BCUT2D eigenvalue weighted by Crippen LogP contribution is -2.28. The minimum atomic E-state index is -0.0863. The highest BCUT2D eigenvalue weighted by Crippen LogP contribution is 2.15. The van der Waals surface area contributed by atoms with Gasteiger partial charge in [0.05, 0.1) is 26.0 Å². The molecular weight excluding hydrogens is 256 g/mol. The lowest BCUT2D eigenvalue weighted by molar-refractivity contribution is 0.0950. The zero-order valence-corrected chi connectivity index (χ0v) is 11.1. The number of hydrogen-bond acceptors (Lipinski definition) is 4. The highest BCUT2D eigenvalue weighted by molar-refractivity contribution is 5.93. The molecule has 0 saturated heterocycles. The van der Waals surface area contributed by atoms with Crippen molar-refractivity contribution >= 4 is 5.91 Å². The second kappa shape index (κ2) is 5.83. The van der Waals surface area contributed by atoms with Gasteiger partial charge < -0.3 is 10.1 Å². The van der Waals surface area contributed by atoms with Gasteiger partial charge in [-0.15, -0.1) is 0 Å². The average molecular weight is 272 g/mol. The summed E-state index contributed by atoms with van der Waals surface area (Å²) in [4.78, 5) is 15.8. The van der Waals surface area contributed by atoms with E-state index in [9.17, 15) is 4.79 Å². The quantitative estimate of drug-likeness (QED) is 0.893. The predicted octanol–water partition coefficient (Wildman–Crippen LogP) is 0.781. The number of pyridine rings is 1. The molecule has 1 aliphatic heterocycles. The fraction of sp³-hybridized carbons (Fsp3) is 0.357. The van der Waals surface area contributed by atoms with Crippen LogP contribution in [0.4, 0.5) is 0 Å². The molecule has 1 amide bonds. The Kier molecular flexibility index (Phi) is 3.73. The van der Waals surface area contributed by atoms with E-state index in [0.29, 0.717) is 25.3 Å². The van der Waals surface area contributed by atoms with E-state index in [0.717, 1.165) is 18.6 Å². The van der Waals surface area contributed by atoms with E-state index in [4.69, 9.17) is 4.74 Å². The van der Waals surface area contributed by atoms with Crippen LogP contribution in [0.2, 0.25) is 0 Å². The Morgan fingerprint density at radius 1 is 1.40 bits per heavy atom. The Morgan fingerprint density at radius 2 is 2.25 bits per heavy atom. The van der Waals surface area contributed by atoms with Gasteiger partial charge in [0.25, 0.3) is 5.91 Å². The molecular formula is C14H16N4O2. The van der Waals surface area contributed by atoms with Gasteiger partial charge in [0.15, 0.2) is 0 Å². The molecule has 0 fully saturated rings. The van der Waals surface area contributed by atoms with E-state index in [1.54, 1.807) is 24.5 Å². The number of carbonyl (C=O) groups is 1. The van der Waals surface area contributed by atoms with Crippen molar-refractivity contribution < 1.29 is 9.53 Å². The summed E-state index contributed by atoms with van der Waals surface area (Å²) in [5, 5.41) is 7.23. The molecule has 0 aromatic carbocycles. The first-order valence-corrected chi connectivity index (χ1v) is 6.64. The maximum Gasteiger partial charge on any atom is 0.251 e. The molecule has 6 nitrogen and oxygen atoms in total. The van der Waals surface area contributed by atoms with Crippen LogP contribution in [0.15, 0.2) is 30.7 Å². The minimum absolute atomic E-state index is 0.0863. The SMILES string of the molecule is O=C(NCCn1ncc2c1CCOC2)c1ccncc1. The molecule has 0 spiro atoms. The zero-order valence-electron chi connectivity index (χ0n) is 11.1. The van der Waals surface area contributed by atoms with Crippen LogP contribution in [-0.4, -0.2) is 33.8 Å². The fourth-order valence-electron chi connectivity index (χ4n) is 2.28. The molecule has 6 heteroatoms. The van der Waals surface area contributed by atoms with Gasteiger partial charge in [0, 0.05) is 42.2 Å². The Labute approximate surface area is 116 Å². The van der Waals surface area contributed by atoms with Gasteiger partial charge in [0.1, 0.15) is 0 Å². The molecule has 0 unspecified atom stereocenters. The third-order valence-electron chi connectivity index (χ3n) is 3.33. The smallest absolute Gasteiger partial charge is 0.251 e. The Balaban J connectivity index is 1.55. The summed E-state index contributed by atoms with van der Waals surface area (Å²) >= 11 is 0. The van der Waals surface area contributed by atoms with Crippen LogP contribution in [0.5, 0.6) is 0 Å². The molecule has 3 rings (SSSR count). The van der Waals surface area contributed by atoms with Gasteiger partial charge >= 0.3 is 0 Å².